The van der Waals surface area contributed by atoms with Gasteiger partial charge >= 0.3 is 0 Å². The molecule has 0 radical (unpaired) electrons. The predicted octanol–water partition coefficient (Wildman–Crippen LogP) is 0.946. The molecule has 0 aromatic carbocycles. The van der Waals surface area contributed by atoms with E-state index in [0.29, 0.717) is 0 Å². The second kappa shape index (κ2) is 4.06. The van der Waals surface area contributed by atoms with Gasteiger partial charge in [-0.2, -0.15) is 0 Å². The van der Waals surface area contributed by atoms with Gasteiger partial charge in [0.05, 0.1) is 0 Å². The van der Waals surface area contributed by atoms with Crippen LogP contribution in [0.25, 0.3) is 0 Å². The van der Waals surface area contributed by atoms with Crippen molar-refractivity contribution in [3.63, 3.8) is 0 Å². The smallest absolute Gasteiger partial charge is 0.250 e. The third kappa shape index (κ3) is 1.69. The number of aryl methyl sites for hydroxylation is 1. The van der Waals surface area contributed by atoms with E-state index in [2.05, 4.69) is 5.32 Å². The van der Waals surface area contributed by atoms with E-state index in [1.165, 1.54) is 17.7 Å². The molecule has 3 nitrogen and oxygen atoms in total. The molecule has 1 saturated heterocycles. The molecule has 86 valence electrons. The summed E-state index contributed by atoms with van der Waals surface area (Å²) in [6.07, 6.45) is 4.60. The molecule has 0 unspecified atom stereocenters. The zero-order valence-electron chi connectivity index (χ0n) is 9.54. The molecule has 1 aliphatic carbocycles. The van der Waals surface area contributed by atoms with Gasteiger partial charge in [0.1, 0.15) is 0 Å². The molecule has 2 heterocycles. The van der Waals surface area contributed by atoms with Gasteiger partial charge in [0.25, 0.3) is 5.56 Å². The van der Waals surface area contributed by atoms with E-state index in [0.717, 1.165) is 44.8 Å². The molecule has 1 aromatic heterocycles. The summed E-state index contributed by atoms with van der Waals surface area (Å²) in [7, 11) is 0. The van der Waals surface area contributed by atoms with Crippen LogP contribution in [0, 0.1) is 5.92 Å². The van der Waals surface area contributed by atoms with Crippen LogP contribution >= 0.6 is 0 Å². The van der Waals surface area contributed by atoms with Crippen LogP contribution in [-0.2, 0) is 19.4 Å². The Morgan fingerprint density at radius 3 is 2.94 bits per heavy atom. The minimum Gasteiger partial charge on any atom is -0.316 e. The number of fused-ring (bicyclic) bond motifs is 1. The average molecular weight is 218 g/mol. The zero-order chi connectivity index (χ0) is 11.0. The van der Waals surface area contributed by atoms with Crippen LogP contribution in [0.1, 0.15) is 24.1 Å². The van der Waals surface area contributed by atoms with Gasteiger partial charge in [-0.05, 0) is 50.3 Å². The highest BCUT2D eigenvalue weighted by Crippen LogP contribution is 2.20. The highest BCUT2D eigenvalue weighted by molar-refractivity contribution is 5.25. The molecule has 3 heteroatoms. The molecular formula is C13H18N2O. The van der Waals surface area contributed by atoms with Crippen molar-refractivity contribution < 1.29 is 0 Å². The Hall–Kier alpha value is -1.09. The lowest BCUT2D eigenvalue weighted by molar-refractivity contribution is 0.309. The highest BCUT2D eigenvalue weighted by Gasteiger charge is 2.19. The number of hydrogen-bond acceptors (Lipinski definition) is 2. The van der Waals surface area contributed by atoms with Gasteiger partial charge in [0.2, 0.25) is 0 Å². The number of rotatable bonds is 3. The molecule has 0 saturated carbocycles. The van der Waals surface area contributed by atoms with Crippen LogP contribution in [0.4, 0.5) is 0 Å². The summed E-state index contributed by atoms with van der Waals surface area (Å²) in [5.41, 5.74) is 2.89. The lowest BCUT2D eigenvalue weighted by Gasteiger charge is -2.27. The van der Waals surface area contributed by atoms with E-state index < -0.39 is 0 Å². The highest BCUT2D eigenvalue weighted by atomic mass is 16.1. The standard InChI is InChI=1S/C13H18N2O/c16-13-5-4-11-2-1-3-12(11)15(13)7-6-10-8-14-9-10/h4-5,10,14H,1-3,6-9H2. The maximum Gasteiger partial charge on any atom is 0.250 e. The largest absolute Gasteiger partial charge is 0.316 e. The third-order valence-electron chi connectivity index (χ3n) is 3.88. The fraction of sp³-hybridized carbons (Fsp3) is 0.615. The van der Waals surface area contributed by atoms with E-state index in [9.17, 15) is 4.79 Å². The van der Waals surface area contributed by atoms with Crippen molar-refractivity contribution in [3.8, 4) is 0 Å². The predicted molar refractivity (Wildman–Crippen MR) is 63.7 cm³/mol. The van der Waals surface area contributed by atoms with E-state index in [-0.39, 0.29) is 5.56 Å². The summed E-state index contributed by atoms with van der Waals surface area (Å²) in [6, 6.07) is 3.76. The first-order valence-electron chi connectivity index (χ1n) is 6.27. The number of pyridine rings is 1. The van der Waals surface area contributed by atoms with Gasteiger partial charge in [-0.15, -0.1) is 0 Å². The number of nitrogens with one attached hydrogen (secondary N) is 1. The van der Waals surface area contributed by atoms with Crippen molar-refractivity contribution in [3.05, 3.63) is 33.7 Å². The Labute approximate surface area is 95.5 Å². The van der Waals surface area contributed by atoms with E-state index in [4.69, 9.17) is 0 Å². The molecule has 1 aliphatic heterocycles. The number of aromatic nitrogens is 1. The van der Waals surface area contributed by atoms with Crippen molar-refractivity contribution in [2.45, 2.75) is 32.2 Å². The molecule has 0 bridgehead atoms. The summed E-state index contributed by atoms with van der Waals surface area (Å²) in [4.78, 5) is 11.8. The van der Waals surface area contributed by atoms with Gasteiger partial charge in [0, 0.05) is 18.3 Å². The third-order valence-corrected chi connectivity index (χ3v) is 3.88. The van der Waals surface area contributed by atoms with Crippen molar-refractivity contribution in [1.29, 1.82) is 0 Å². The SMILES string of the molecule is O=c1ccc2c(n1CCC1CNC1)CCC2. The molecule has 1 N–H and O–H groups in total. The maximum absolute atomic E-state index is 11.8. The normalized spacial score (nSPS) is 19.5. The topological polar surface area (TPSA) is 34.0 Å². The van der Waals surface area contributed by atoms with Crippen molar-refractivity contribution >= 4 is 0 Å². The number of hydrogen-bond donors (Lipinski definition) is 1. The van der Waals surface area contributed by atoms with Crippen LogP contribution in [0.15, 0.2) is 16.9 Å². The summed E-state index contributed by atoms with van der Waals surface area (Å²) < 4.78 is 2.01. The van der Waals surface area contributed by atoms with Gasteiger partial charge < -0.3 is 9.88 Å². The molecule has 2 aliphatic rings. The Bertz CT molecular complexity index is 446. The molecule has 3 rings (SSSR count). The summed E-state index contributed by atoms with van der Waals surface area (Å²) in [5, 5.41) is 3.28. The fourth-order valence-electron chi connectivity index (χ4n) is 2.74. The Kier molecular flexibility index (Phi) is 2.56. The van der Waals surface area contributed by atoms with Crippen molar-refractivity contribution in [1.82, 2.24) is 9.88 Å². The lowest BCUT2D eigenvalue weighted by atomic mass is 9.99. The fourth-order valence-corrected chi connectivity index (χ4v) is 2.74. The van der Waals surface area contributed by atoms with E-state index in [1.54, 1.807) is 6.07 Å². The zero-order valence-corrected chi connectivity index (χ0v) is 9.54. The van der Waals surface area contributed by atoms with Crippen LogP contribution in [-0.4, -0.2) is 17.7 Å². The minimum atomic E-state index is 0.188. The number of nitrogens with zero attached hydrogens (tertiary/aromatic N) is 1. The second-order valence-corrected chi connectivity index (χ2v) is 4.96. The second-order valence-electron chi connectivity index (χ2n) is 4.96. The van der Waals surface area contributed by atoms with Crippen LogP contribution in [0.3, 0.4) is 0 Å². The lowest BCUT2D eigenvalue weighted by Crippen LogP contribution is -2.42. The minimum absolute atomic E-state index is 0.188. The monoisotopic (exact) mass is 218 g/mol. The average Bonchev–Trinajstić information content (AvgIpc) is 2.66. The van der Waals surface area contributed by atoms with Crippen molar-refractivity contribution in [2.24, 2.45) is 5.92 Å². The summed E-state index contributed by atoms with van der Waals surface area (Å²) in [6.45, 7) is 3.17. The van der Waals surface area contributed by atoms with Crippen LogP contribution < -0.4 is 10.9 Å². The first-order chi connectivity index (χ1) is 7.84. The molecule has 1 fully saturated rings. The van der Waals surface area contributed by atoms with Crippen LogP contribution in [0.5, 0.6) is 0 Å². The Morgan fingerprint density at radius 2 is 2.19 bits per heavy atom. The van der Waals surface area contributed by atoms with Gasteiger partial charge in [-0.3, -0.25) is 4.79 Å². The quantitative estimate of drug-likeness (QED) is 0.819. The van der Waals surface area contributed by atoms with Crippen LogP contribution in [0.2, 0.25) is 0 Å². The first-order valence-corrected chi connectivity index (χ1v) is 6.27. The van der Waals surface area contributed by atoms with E-state index in [1.807, 2.05) is 10.6 Å². The summed E-state index contributed by atoms with van der Waals surface area (Å²) >= 11 is 0. The van der Waals surface area contributed by atoms with Gasteiger partial charge in [-0.25, -0.2) is 0 Å². The molecule has 1 aromatic rings. The summed E-state index contributed by atoms with van der Waals surface area (Å²) in [5.74, 6) is 0.782. The maximum atomic E-state index is 11.8. The van der Waals surface area contributed by atoms with Gasteiger partial charge in [-0.1, -0.05) is 6.07 Å². The molecular weight excluding hydrogens is 200 g/mol. The van der Waals surface area contributed by atoms with Gasteiger partial charge in [0.15, 0.2) is 0 Å². The molecule has 0 amide bonds. The first kappa shape index (κ1) is 10.1. The Balaban J connectivity index is 1.81. The molecule has 0 spiro atoms. The van der Waals surface area contributed by atoms with Crippen molar-refractivity contribution in [2.75, 3.05) is 13.1 Å². The van der Waals surface area contributed by atoms with E-state index >= 15 is 0 Å². The molecule has 0 atom stereocenters. The Morgan fingerprint density at radius 1 is 1.31 bits per heavy atom. The molecule has 16 heavy (non-hydrogen) atoms.